The molecule has 0 radical (unpaired) electrons. The number of amides is 1. The van der Waals surface area contributed by atoms with E-state index in [1.807, 2.05) is 43.5 Å². The fraction of sp³-hybridized carbons (Fsp3) is 0.308. The summed E-state index contributed by atoms with van der Waals surface area (Å²) in [5.41, 5.74) is 6.21. The molecule has 1 amide bonds. The normalized spacial score (nSPS) is 14.9. The summed E-state index contributed by atoms with van der Waals surface area (Å²) in [4.78, 5) is 34.2. The number of likely N-dealkylation sites (N-methyl/N-ethyl adjacent to an activating group) is 1. The zero-order valence-electron chi connectivity index (χ0n) is 19.9. The Bertz CT molecular complexity index is 1340. The van der Waals surface area contributed by atoms with Crippen LogP contribution in [0.4, 0.5) is 5.82 Å². The molecular weight excluding hydrogens is 462 g/mol. The Morgan fingerprint density at radius 3 is 2.57 bits per heavy atom. The van der Waals surface area contributed by atoms with Crippen LogP contribution < -0.4 is 5.32 Å². The molecule has 1 aliphatic heterocycles. The molecule has 5 rings (SSSR count). The smallest absolute Gasteiger partial charge is 0.239 e. The van der Waals surface area contributed by atoms with E-state index in [-0.39, 0.29) is 5.91 Å². The van der Waals surface area contributed by atoms with E-state index < -0.39 is 0 Å². The second kappa shape index (κ2) is 10.1. The number of aromatic nitrogens is 4. The summed E-state index contributed by atoms with van der Waals surface area (Å²) in [6.45, 7) is 9.31. The Kier molecular flexibility index (Phi) is 6.77. The first-order chi connectivity index (χ1) is 17.0. The monoisotopic (exact) mass is 489 g/mol. The van der Waals surface area contributed by atoms with Gasteiger partial charge in [0, 0.05) is 67.2 Å². The van der Waals surface area contributed by atoms with E-state index in [0.29, 0.717) is 17.4 Å². The zero-order chi connectivity index (χ0) is 24.4. The molecule has 0 aliphatic carbocycles. The number of anilines is 1. The predicted molar refractivity (Wildman–Crippen MR) is 139 cm³/mol. The Morgan fingerprint density at radius 2 is 1.83 bits per heavy atom. The number of aromatic amines is 1. The minimum Gasteiger partial charge on any atom is -0.353 e. The summed E-state index contributed by atoms with van der Waals surface area (Å²) in [5.74, 6) is 0.449. The first-order valence-corrected chi connectivity index (χ1v) is 12.2. The molecular formula is C26H28ClN7O. The molecule has 9 heteroatoms. The number of hydrogen-bond donors (Lipinski definition) is 2. The molecule has 4 aromatic rings. The molecule has 1 saturated heterocycles. The molecule has 35 heavy (non-hydrogen) atoms. The van der Waals surface area contributed by atoms with Gasteiger partial charge in [0.1, 0.15) is 5.82 Å². The number of carbonyl (C=O) groups excluding carboxylic acids is 1. The van der Waals surface area contributed by atoms with E-state index in [1.54, 1.807) is 12.4 Å². The molecule has 2 N–H and O–H groups in total. The number of pyridine rings is 3. The third kappa shape index (κ3) is 5.19. The molecule has 0 spiro atoms. The average molecular weight is 490 g/mol. The van der Waals surface area contributed by atoms with Gasteiger partial charge in [-0.2, -0.15) is 0 Å². The number of nitrogens with one attached hydrogen (secondary N) is 2. The van der Waals surface area contributed by atoms with Crippen LogP contribution in [-0.2, 0) is 4.79 Å². The lowest BCUT2D eigenvalue weighted by atomic mass is 10.0. The number of hydrogen-bond acceptors (Lipinski definition) is 6. The second-order valence-corrected chi connectivity index (χ2v) is 9.24. The average Bonchev–Trinajstić information content (AvgIpc) is 3.23. The third-order valence-electron chi connectivity index (χ3n) is 6.40. The number of piperazine rings is 1. The summed E-state index contributed by atoms with van der Waals surface area (Å²) in [6.07, 6.45) is 5.19. The Hall–Kier alpha value is -3.33. The highest BCUT2D eigenvalue weighted by Crippen LogP contribution is 2.38. The molecule has 0 saturated carbocycles. The van der Waals surface area contributed by atoms with Crippen molar-refractivity contribution in [1.82, 2.24) is 29.7 Å². The SMILES string of the molecule is CCN1CCN(CC(=O)Nc2cc(-c3[nH]c4cc(Cl)cnc4c3-c3ccc(C)nc3)ccn2)CC1. The van der Waals surface area contributed by atoms with Gasteiger partial charge < -0.3 is 15.2 Å². The van der Waals surface area contributed by atoms with Crippen LogP contribution in [0.1, 0.15) is 12.6 Å². The molecule has 180 valence electrons. The van der Waals surface area contributed by atoms with Crippen molar-refractivity contribution in [2.24, 2.45) is 0 Å². The lowest BCUT2D eigenvalue weighted by molar-refractivity contribution is -0.117. The molecule has 8 nitrogen and oxygen atoms in total. The van der Waals surface area contributed by atoms with Crippen LogP contribution in [-0.4, -0.2) is 74.9 Å². The quantitative estimate of drug-likeness (QED) is 0.421. The summed E-state index contributed by atoms with van der Waals surface area (Å²) in [5, 5.41) is 3.52. The van der Waals surface area contributed by atoms with E-state index in [4.69, 9.17) is 11.6 Å². The van der Waals surface area contributed by atoms with Crippen molar-refractivity contribution in [1.29, 1.82) is 0 Å². The van der Waals surface area contributed by atoms with E-state index >= 15 is 0 Å². The predicted octanol–water partition coefficient (Wildman–Crippen LogP) is 4.22. The Morgan fingerprint density at radius 1 is 1.03 bits per heavy atom. The standard InChI is InChI=1S/C26H28ClN7O/c1-3-33-8-10-34(11-9-33)16-23(35)32-22-12-18(6-7-28-22)25-24(19-5-4-17(2)29-14-19)26-21(31-25)13-20(27)15-30-26/h4-7,12-15,31H,3,8-11,16H2,1-2H3,(H,28,32,35). The van der Waals surface area contributed by atoms with Crippen molar-refractivity contribution >= 4 is 34.4 Å². The van der Waals surface area contributed by atoms with E-state index in [9.17, 15) is 4.79 Å². The van der Waals surface area contributed by atoms with Crippen molar-refractivity contribution in [2.45, 2.75) is 13.8 Å². The molecule has 0 bridgehead atoms. The summed E-state index contributed by atoms with van der Waals surface area (Å²) >= 11 is 6.21. The summed E-state index contributed by atoms with van der Waals surface area (Å²) < 4.78 is 0. The van der Waals surface area contributed by atoms with E-state index in [1.165, 1.54) is 0 Å². The van der Waals surface area contributed by atoms with Gasteiger partial charge in [-0.1, -0.05) is 24.6 Å². The maximum absolute atomic E-state index is 12.7. The molecule has 0 aromatic carbocycles. The number of H-pyrrole nitrogens is 1. The van der Waals surface area contributed by atoms with Gasteiger partial charge in [-0.3, -0.25) is 19.7 Å². The number of halogens is 1. The minimum absolute atomic E-state index is 0.0624. The first-order valence-electron chi connectivity index (χ1n) is 11.8. The third-order valence-corrected chi connectivity index (χ3v) is 6.60. The number of aryl methyl sites for hydroxylation is 1. The van der Waals surface area contributed by atoms with Crippen molar-refractivity contribution in [3.63, 3.8) is 0 Å². The summed E-state index contributed by atoms with van der Waals surface area (Å²) in [7, 11) is 0. The molecule has 1 aliphatic rings. The van der Waals surface area contributed by atoms with Gasteiger partial charge >= 0.3 is 0 Å². The van der Waals surface area contributed by atoms with Gasteiger partial charge in [-0.25, -0.2) is 4.98 Å². The van der Waals surface area contributed by atoms with E-state index in [0.717, 1.165) is 71.8 Å². The Balaban J connectivity index is 1.42. The van der Waals surface area contributed by atoms with Crippen LogP contribution in [0.15, 0.2) is 48.9 Å². The van der Waals surface area contributed by atoms with Crippen molar-refractivity contribution < 1.29 is 4.79 Å². The molecule has 1 fully saturated rings. The van der Waals surface area contributed by atoms with Gasteiger partial charge in [0.25, 0.3) is 0 Å². The van der Waals surface area contributed by atoms with Crippen LogP contribution in [0.2, 0.25) is 5.02 Å². The van der Waals surface area contributed by atoms with Gasteiger partial charge in [0.2, 0.25) is 5.91 Å². The molecule has 0 atom stereocenters. The van der Waals surface area contributed by atoms with Gasteiger partial charge in [0.05, 0.1) is 28.3 Å². The van der Waals surface area contributed by atoms with E-state index in [2.05, 4.69) is 42.0 Å². The number of fused-ring (bicyclic) bond motifs is 1. The minimum atomic E-state index is -0.0624. The highest BCUT2D eigenvalue weighted by Gasteiger charge is 2.20. The highest BCUT2D eigenvalue weighted by atomic mass is 35.5. The van der Waals surface area contributed by atoms with Crippen LogP contribution in [0.5, 0.6) is 0 Å². The van der Waals surface area contributed by atoms with Gasteiger partial charge in [0.15, 0.2) is 0 Å². The Labute approximate surface area is 209 Å². The largest absolute Gasteiger partial charge is 0.353 e. The molecule has 4 aromatic heterocycles. The number of rotatable bonds is 6. The molecule has 5 heterocycles. The van der Waals surface area contributed by atoms with Crippen LogP contribution in [0, 0.1) is 6.92 Å². The number of carbonyl (C=O) groups is 1. The lowest BCUT2D eigenvalue weighted by Crippen LogP contribution is -2.48. The van der Waals surface area contributed by atoms with Crippen LogP contribution in [0.25, 0.3) is 33.4 Å². The first kappa shape index (κ1) is 23.4. The zero-order valence-corrected chi connectivity index (χ0v) is 20.6. The van der Waals surface area contributed by atoms with Crippen LogP contribution in [0.3, 0.4) is 0 Å². The van der Waals surface area contributed by atoms with Crippen molar-refractivity contribution in [3.8, 4) is 22.4 Å². The van der Waals surface area contributed by atoms with Gasteiger partial charge in [-0.05, 0) is 37.7 Å². The van der Waals surface area contributed by atoms with Crippen molar-refractivity contribution in [3.05, 3.63) is 59.6 Å². The van der Waals surface area contributed by atoms with Gasteiger partial charge in [-0.15, -0.1) is 0 Å². The molecule has 0 unspecified atom stereocenters. The maximum Gasteiger partial charge on any atom is 0.239 e. The fourth-order valence-corrected chi connectivity index (χ4v) is 4.62. The maximum atomic E-state index is 12.7. The second-order valence-electron chi connectivity index (χ2n) is 8.80. The summed E-state index contributed by atoms with van der Waals surface area (Å²) in [6, 6.07) is 9.67. The highest BCUT2D eigenvalue weighted by molar-refractivity contribution is 6.31. The number of nitrogens with zero attached hydrogens (tertiary/aromatic N) is 5. The topological polar surface area (TPSA) is 90.0 Å². The fourth-order valence-electron chi connectivity index (χ4n) is 4.47. The van der Waals surface area contributed by atoms with Crippen molar-refractivity contribution in [2.75, 3.05) is 44.6 Å². The van der Waals surface area contributed by atoms with Crippen LogP contribution >= 0.6 is 11.6 Å². The lowest BCUT2D eigenvalue weighted by Gasteiger charge is -2.33.